The van der Waals surface area contributed by atoms with Crippen LogP contribution in [0.2, 0.25) is 0 Å². The minimum absolute atomic E-state index is 0.151. The Morgan fingerprint density at radius 3 is 2.85 bits per heavy atom. The molecule has 6 heteroatoms. The van der Waals surface area contributed by atoms with Gasteiger partial charge in [0, 0.05) is 51.7 Å². The van der Waals surface area contributed by atoms with Crippen molar-refractivity contribution in [3.05, 3.63) is 0 Å². The molecule has 3 aliphatic rings. The molecule has 3 saturated heterocycles. The molecule has 0 radical (unpaired) electrons. The van der Waals surface area contributed by atoms with Gasteiger partial charge in [0.2, 0.25) is 11.8 Å². The van der Waals surface area contributed by atoms with E-state index < -0.39 is 0 Å². The predicted molar refractivity (Wildman–Crippen MR) is 75.2 cm³/mol. The molecule has 3 fully saturated rings. The third-order valence-electron chi connectivity index (χ3n) is 4.80. The molecular weight excluding hydrogens is 256 g/mol. The molecule has 20 heavy (non-hydrogen) atoms. The molecular formula is C14H24N4O2. The fourth-order valence-electron chi connectivity index (χ4n) is 3.63. The van der Waals surface area contributed by atoms with Gasteiger partial charge >= 0.3 is 0 Å². The number of hydrogen-bond donors (Lipinski definition) is 2. The second-order valence-electron chi connectivity index (χ2n) is 5.98. The van der Waals surface area contributed by atoms with Crippen LogP contribution >= 0.6 is 0 Å². The van der Waals surface area contributed by atoms with Crippen molar-refractivity contribution in [2.75, 3.05) is 45.8 Å². The van der Waals surface area contributed by atoms with Gasteiger partial charge in [0.15, 0.2) is 0 Å². The van der Waals surface area contributed by atoms with Gasteiger partial charge < -0.3 is 15.5 Å². The number of carbonyl (C=O) groups excluding carboxylic acids is 2. The number of nitrogens with one attached hydrogen (secondary N) is 2. The molecule has 0 aliphatic carbocycles. The molecule has 3 rings (SSSR count). The lowest BCUT2D eigenvalue weighted by atomic mass is 9.91. The zero-order valence-electron chi connectivity index (χ0n) is 11.9. The predicted octanol–water partition coefficient (Wildman–Crippen LogP) is -0.981. The zero-order valence-corrected chi connectivity index (χ0v) is 11.9. The van der Waals surface area contributed by atoms with E-state index in [0.29, 0.717) is 12.5 Å². The molecule has 2 unspecified atom stereocenters. The van der Waals surface area contributed by atoms with Gasteiger partial charge in [0.1, 0.15) is 0 Å². The summed E-state index contributed by atoms with van der Waals surface area (Å²) in [5.41, 5.74) is 0. The van der Waals surface area contributed by atoms with Crippen molar-refractivity contribution in [1.82, 2.24) is 20.4 Å². The molecule has 0 aromatic carbocycles. The van der Waals surface area contributed by atoms with Gasteiger partial charge in [-0.2, -0.15) is 0 Å². The van der Waals surface area contributed by atoms with Crippen molar-refractivity contribution >= 4 is 11.8 Å². The fraction of sp³-hybridized carbons (Fsp3) is 0.857. The van der Waals surface area contributed by atoms with E-state index >= 15 is 0 Å². The van der Waals surface area contributed by atoms with E-state index in [-0.39, 0.29) is 17.7 Å². The molecule has 3 heterocycles. The quantitative estimate of drug-likeness (QED) is 0.697. The number of hydrogen-bond acceptors (Lipinski definition) is 4. The molecule has 0 saturated carbocycles. The summed E-state index contributed by atoms with van der Waals surface area (Å²) in [4.78, 5) is 28.2. The van der Waals surface area contributed by atoms with Gasteiger partial charge in [-0.3, -0.25) is 14.5 Å². The number of piperazine rings is 1. The van der Waals surface area contributed by atoms with Gasteiger partial charge in [-0.15, -0.1) is 0 Å². The summed E-state index contributed by atoms with van der Waals surface area (Å²) in [6, 6.07) is 0.312. The molecule has 2 amide bonds. The highest BCUT2D eigenvalue weighted by atomic mass is 16.2. The second-order valence-corrected chi connectivity index (χ2v) is 5.98. The molecule has 3 aliphatic heterocycles. The number of carbonyl (C=O) groups is 2. The van der Waals surface area contributed by atoms with Crippen molar-refractivity contribution in [2.24, 2.45) is 5.92 Å². The first-order valence-electron chi connectivity index (χ1n) is 7.76. The maximum atomic E-state index is 12.2. The standard InChI is InChI=1S/C14H24N4O2/c19-13(18-8-4-15-5-9-18)3-7-17-6-1-2-11-12(17)10-16-14(11)20/h11-12,15H,1-10H2,(H,16,20). The number of likely N-dealkylation sites (tertiary alicyclic amines) is 1. The Morgan fingerprint density at radius 2 is 2.05 bits per heavy atom. The smallest absolute Gasteiger partial charge is 0.224 e. The van der Waals surface area contributed by atoms with Crippen LogP contribution in [0.3, 0.4) is 0 Å². The van der Waals surface area contributed by atoms with Gasteiger partial charge in [0.25, 0.3) is 0 Å². The maximum absolute atomic E-state index is 12.2. The number of rotatable bonds is 3. The first-order valence-corrected chi connectivity index (χ1v) is 7.76. The van der Waals surface area contributed by atoms with Crippen LogP contribution in [-0.4, -0.2) is 73.5 Å². The zero-order chi connectivity index (χ0) is 13.9. The molecule has 112 valence electrons. The van der Waals surface area contributed by atoms with Crippen LogP contribution in [0.1, 0.15) is 19.3 Å². The third-order valence-corrected chi connectivity index (χ3v) is 4.80. The van der Waals surface area contributed by atoms with Crippen LogP contribution in [-0.2, 0) is 9.59 Å². The summed E-state index contributed by atoms with van der Waals surface area (Å²) >= 11 is 0. The van der Waals surface area contributed by atoms with Gasteiger partial charge in [-0.25, -0.2) is 0 Å². The average Bonchev–Trinajstić information content (AvgIpc) is 2.88. The molecule has 0 bridgehead atoms. The molecule has 0 spiro atoms. The Balaban J connectivity index is 1.50. The molecule has 0 aromatic heterocycles. The molecule has 6 nitrogen and oxygen atoms in total. The van der Waals surface area contributed by atoms with Crippen molar-refractivity contribution < 1.29 is 9.59 Å². The van der Waals surface area contributed by atoms with Crippen molar-refractivity contribution in [1.29, 1.82) is 0 Å². The number of nitrogens with zero attached hydrogens (tertiary/aromatic N) is 2. The van der Waals surface area contributed by atoms with E-state index in [9.17, 15) is 9.59 Å². The van der Waals surface area contributed by atoms with Crippen molar-refractivity contribution in [3.63, 3.8) is 0 Å². The Hall–Kier alpha value is -1.14. The lowest BCUT2D eigenvalue weighted by Crippen LogP contribution is -2.49. The average molecular weight is 280 g/mol. The SMILES string of the molecule is O=C1NCC2C1CCCN2CCC(=O)N1CCNCC1. The fourth-order valence-corrected chi connectivity index (χ4v) is 3.63. The lowest BCUT2D eigenvalue weighted by Gasteiger charge is -2.36. The normalized spacial score (nSPS) is 31.0. The van der Waals surface area contributed by atoms with E-state index in [2.05, 4.69) is 15.5 Å². The Kier molecular flexibility index (Phi) is 4.21. The number of piperidine rings is 1. The van der Waals surface area contributed by atoms with Crippen LogP contribution in [0.15, 0.2) is 0 Å². The summed E-state index contributed by atoms with van der Waals surface area (Å²) < 4.78 is 0. The monoisotopic (exact) mass is 280 g/mol. The van der Waals surface area contributed by atoms with E-state index in [1.54, 1.807) is 0 Å². The Morgan fingerprint density at radius 1 is 1.25 bits per heavy atom. The van der Waals surface area contributed by atoms with E-state index in [4.69, 9.17) is 0 Å². The van der Waals surface area contributed by atoms with E-state index in [1.807, 2.05) is 4.90 Å². The molecule has 2 atom stereocenters. The highest BCUT2D eigenvalue weighted by molar-refractivity contribution is 5.82. The van der Waals surface area contributed by atoms with Crippen LogP contribution < -0.4 is 10.6 Å². The van der Waals surface area contributed by atoms with Crippen molar-refractivity contribution in [3.8, 4) is 0 Å². The number of amides is 2. The van der Waals surface area contributed by atoms with Crippen LogP contribution in [0.25, 0.3) is 0 Å². The van der Waals surface area contributed by atoms with Gasteiger partial charge in [-0.1, -0.05) is 0 Å². The summed E-state index contributed by atoms with van der Waals surface area (Å²) in [6.45, 7) is 6.02. The van der Waals surface area contributed by atoms with Crippen LogP contribution in [0.4, 0.5) is 0 Å². The van der Waals surface area contributed by atoms with Crippen LogP contribution in [0, 0.1) is 5.92 Å². The Bertz CT molecular complexity index is 381. The van der Waals surface area contributed by atoms with E-state index in [0.717, 1.165) is 58.7 Å². The van der Waals surface area contributed by atoms with Crippen LogP contribution in [0.5, 0.6) is 0 Å². The summed E-state index contributed by atoms with van der Waals surface area (Å²) in [5, 5.41) is 6.22. The first-order chi connectivity index (χ1) is 9.75. The van der Waals surface area contributed by atoms with E-state index in [1.165, 1.54) is 0 Å². The summed E-state index contributed by atoms with van der Waals surface area (Å²) in [5.74, 6) is 0.608. The first kappa shape index (κ1) is 13.8. The second kappa shape index (κ2) is 6.10. The minimum Gasteiger partial charge on any atom is -0.354 e. The highest BCUT2D eigenvalue weighted by Gasteiger charge is 2.40. The van der Waals surface area contributed by atoms with Crippen molar-refractivity contribution in [2.45, 2.75) is 25.3 Å². The summed E-state index contributed by atoms with van der Waals surface area (Å²) in [7, 11) is 0. The third kappa shape index (κ3) is 2.81. The maximum Gasteiger partial charge on any atom is 0.224 e. The van der Waals surface area contributed by atoms with Gasteiger partial charge in [-0.05, 0) is 19.4 Å². The summed E-state index contributed by atoms with van der Waals surface area (Å²) in [6.07, 6.45) is 2.65. The lowest BCUT2D eigenvalue weighted by molar-refractivity contribution is -0.132. The highest BCUT2D eigenvalue weighted by Crippen LogP contribution is 2.27. The largest absolute Gasteiger partial charge is 0.354 e. The number of fused-ring (bicyclic) bond motifs is 1. The topological polar surface area (TPSA) is 64.7 Å². The molecule has 0 aromatic rings. The Labute approximate surface area is 119 Å². The molecule has 2 N–H and O–H groups in total. The minimum atomic E-state index is 0.151. The van der Waals surface area contributed by atoms with Gasteiger partial charge in [0.05, 0.1) is 5.92 Å².